The van der Waals surface area contributed by atoms with Crippen LogP contribution in [-0.2, 0) is 9.59 Å². The fourth-order valence-electron chi connectivity index (χ4n) is 4.35. The molecule has 2 N–H and O–H groups in total. The molecule has 3 aromatic carbocycles. The van der Waals surface area contributed by atoms with Crippen molar-refractivity contribution in [2.24, 2.45) is 5.92 Å². The molecule has 0 radical (unpaired) electrons. The van der Waals surface area contributed by atoms with E-state index in [9.17, 15) is 9.59 Å². The summed E-state index contributed by atoms with van der Waals surface area (Å²) >= 11 is 0. The molecule has 2 amide bonds. The number of carbonyl (C=O) groups is 2. The van der Waals surface area contributed by atoms with E-state index in [-0.39, 0.29) is 18.2 Å². The van der Waals surface area contributed by atoms with E-state index in [2.05, 4.69) is 20.6 Å². The van der Waals surface area contributed by atoms with Crippen LogP contribution in [0.25, 0.3) is 11.3 Å². The lowest BCUT2D eigenvalue weighted by Gasteiger charge is -2.17. The zero-order valence-electron chi connectivity index (χ0n) is 20.6. The van der Waals surface area contributed by atoms with Crippen molar-refractivity contribution >= 4 is 34.7 Å². The Morgan fingerprint density at radius 2 is 1.70 bits per heavy atom. The molecule has 1 saturated heterocycles. The van der Waals surface area contributed by atoms with E-state index in [0.29, 0.717) is 29.6 Å². The van der Waals surface area contributed by atoms with Gasteiger partial charge in [-0.1, -0.05) is 36.4 Å². The molecule has 1 unspecified atom stereocenters. The van der Waals surface area contributed by atoms with Gasteiger partial charge in [-0.15, -0.1) is 0 Å². The summed E-state index contributed by atoms with van der Waals surface area (Å²) in [5.74, 6) is 1.32. The Morgan fingerprint density at radius 3 is 2.46 bits per heavy atom. The van der Waals surface area contributed by atoms with Gasteiger partial charge in [0, 0.05) is 41.7 Å². The maximum atomic E-state index is 13.0. The van der Waals surface area contributed by atoms with Crippen molar-refractivity contribution < 1.29 is 14.3 Å². The van der Waals surface area contributed by atoms with Gasteiger partial charge in [-0.05, 0) is 49.4 Å². The topological polar surface area (TPSA) is 96.5 Å². The van der Waals surface area contributed by atoms with Gasteiger partial charge in [-0.3, -0.25) is 9.59 Å². The van der Waals surface area contributed by atoms with Crippen LogP contribution in [0.5, 0.6) is 5.75 Å². The normalized spacial score (nSPS) is 14.9. The molecule has 37 heavy (non-hydrogen) atoms. The van der Waals surface area contributed by atoms with E-state index in [4.69, 9.17) is 4.74 Å². The van der Waals surface area contributed by atoms with E-state index in [1.807, 2.05) is 79.7 Å². The summed E-state index contributed by atoms with van der Waals surface area (Å²) in [6.45, 7) is 2.18. The number of hydrogen-bond donors (Lipinski definition) is 2. The van der Waals surface area contributed by atoms with Crippen molar-refractivity contribution in [1.82, 2.24) is 9.97 Å². The van der Waals surface area contributed by atoms with Crippen molar-refractivity contribution in [2.45, 2.75) is 13.3 Å². The molecule has 5 rings (SSSR count). The molecule has 2 heterocycles. The lowest BCUT2D eigenvalue weighted by atomic mass is 10.1. The molecule has 8 nitrogen and oxygen atoms in total. The van der Waals surface area contributed by atoms with E-state index < -0.39 is 5.92 Å². The molecule has 0 bridgehead atoms. The number of hydrogen-bond acceptors (Lipinski definition) is 6. The number of nitrogens with one attached hydrogen (secondary N) is 2. The van der Waals surface area contributed by atoms with Gasteiger partial charge >= 0.3 is 0 Å². The highest BCUT2D eigenvalue weighted by Gasteiger charge is 2.35. The molecule has 1 aliphatic rings. The second-order valence-electron chi connectivity index (χ2n) is 8.85. The van der Waals surface area contributed by atoms with Crippen LogP contribution in [0.2, 0.25) is 0 Å². The number of nitrogens with zero attached hydrogens (tertiary/aromatic N) is 3. The lowest BCUT2D eigenvalue weighted by Crippen LogP contribution is -2.28. The fourth-order valence-corrected chi connectivity index (χ4v) is 4.35. The highest BCUT2D eigenvalue weighted by atomic mass is 16.5. The van der Waals surface area contributed by atoms with Crippen molar-refractivity contribution in [1.29, 1.82) is 0 Å². The third-order valence-electron chi connectivity index (χ3n) is 6.19. The molecule has 8 heteroatoms. The van der Waals surface area contributed by atoms with Crippen LogP contribution in [0.3, 0.4) is 0 Å². The summed E-state index contributed by atoms with van der Waals surface area (Å²) in [4.78, 5) is 36.3. The number of methoxy groups -OCH3 is 1. The van der Waals surface area contributed by atoms with Crippen LogP contribution in [0, 0.1) is 12.8 Å². The minimum Gasteiger partial charge on any atom is -0.497 e. The lowest BCUT2D eigenvalue weighted by molar-refractivity contribution is -0.122. The second-order valence-corrected chi connectivity index (χ2v) is 8.85. The Balaban J connectivity index is 1.26. The van der Waals surface area contributed by atoms with Crippen LogP contribution in [0.1, 0.15) is 12.2 Å². The number of anilines is 4. The largest absolute Gasteiger partial charge is 0.497 e. The molecule has 1 aliphatic heterocycles. The molecule has 0 aliphatic carbocycles. The molecule has 1 fully saturated rings. The van der Waals surface area contributed by atoms with Crippen molar-refractivity contribution in [3.05, 3.63) is 90.8 Å². The first-order valence-electron chi connectivity index (χ1n) is 12.0. The summed E-state index contributed by atoms with van der Waals surface area (Å²) in [6.07, 6.45) is 0.165. The Bertz CT molecular complexity index is 1420. The van der Waals surface area contributed by atoms with E-state index in [1.54, 1.807) is 24.1 Å². The summed E-state index contributed by atoms with van der Waals surface area (Å²) < 4.78 is 5.18. The first-order chi connectivity index (χ1) is 18.0. The summed E-state index contributed by atoms with van der Waals surface area (Å²) in [5, 5.41) is 6.27. The average Bonchev–Trinajstić information content (AvgIpc) is 3.31. The maximum Gasteiger partial charge on any atom is 0.229 e. The summed E-state index contributed by atoms with van der Waals surface area (Å²) in [7, 11) is 1.59. The van der Waals surface area contributed by atoms with Gasteiger partial charge in [0.2, 0.25) is 11.8 Å². The number of benzene rings is 3. The summed E-state index contributed by atoms with van der Waals surface area (Å²) in [5.41, 5.74) is 4.00. The quantitative estimate of drug-likeness (QED) is 0.368. The number of amides is 2. The SMILES string of the molecule is COc1ccc(N2CC(C(=O)Nc3cccc(Nc4cc(-c5ccccc5)nc(C)n4)c3)CC2=O)cc1. The first kappa shape index (κ1) is 24.0. The van der Waals surface area contributed by atoms with Gasteiger partial charge in [0.25, 0.3) is 0 Å². The second kappa shape index (κ2) is 10.5. The highest BCUT2D eigenvalue weighted by Crippen LogP contribution is 2.28. The number of rotatable bonds is 7. The molecule has 1 atom stereocenters. The number of ether oxygens (including phenoxy) is 1. The third-order valence-corrected chi connectivity index (χ3v) is 6.19. The van der Waals surface area contributed by atoms with Crippen LogP contribution in [0.4, 0.5) is 22.9 Å². The van der Waals surface area contributed by atoms with Gasteiger partial charge in [0.1, 0.15) is 17.4 Å². The van der Waals surface area contributed by atoms with Crippen molar-refractivity contribution in [2.75, 3.05) is 29.2 Å². The third kappa shape index (κ3) is 5.59. The Kier molecular flexibility index (Phi) is 6.81. The van der Waals surface area contributed by atoms with Gasteiger partial charge in [0.15, 0.2) is 0 Å². The number of carbonyl (C=O) groups excluding carboxylic acids is 2. The fraction of sp³-hybridized carbons (Fsp3) is 0.172. The molecule has 1 aromatic heterocycles. The van der Waals surface area contributed by atoms with Crippen molar-refractivity contribution in [3.63, 3.8) is 0 Å². The molecular weight excluding hydrogens is 466 g/mol. The highest BCUT2D eigenvalue weighted by molar-refractivity contribution is 6.03. The predicted octanol–water partition coefficient (Wildman–Crippen LogP) is 5.20. The maximum absolute atomic E-state index is 13.0. The number of aromatic nitrogens is 2. The Hall–Kier alpha value is -4.72. The van der Waals surface area contributed by atoms with Gasteiger partial charge in [0.05, 0.1) is 18.7 Å². The minimum absolute atomic E-state index is 0.0749. The molecule has 186 valence electrons. The molecular formula is C29H27N5O3. The average molecular weight is 494 g/mol. The van der Waals surface area contributed by atoms with E-state index in [1.165, 1.54) is 0 Å². The van der Waals surface area contributed by atoms with Gasteiger partial charge < -0.3 is 20.3 Å². The zero-order valence-corrected chi connectivity index (χ0v) is 20.6. The molecule has 0 spiro atoms. The standard InChI is InChI=1S/C29H27N5O3/c1-19-30-26(20-7-4-3-5-8-20)17-27(31-19)32-22-9-6-10-23(16-22)33-29(36)21-15-28(35)34(18-21)24-11-13-25(37-2)14-12-24/h3-14,16-17,21H,15,18H2,1-2H3,(H,33,36)(H,30,31,32). The monoisotopic (exact) mass is 493 g/mol. The van der Waals surface area contributed by atoms with Crippen LogP contribution < -0.4 is 20.3 Å². The van der Waals surface area contributed by atoms with Crippen LogP contribution in [-0.4, -0.2) is 35.4 Å². The Labute approximate surface area is 215 Å². The predicted molar refractivity (Wildman–Crippen MR) is 144 cm³/mol. The minimum atomic E-state index is -0.441. The van der Waals surface area contributed by atoms with Crippen LogP contribution >= 0.6 is 0 Å². The molecule has 4 aromatic rings. The molecule has 0 saturated carbocycles. The number of aryl methyl sites for hydroxylation is 1. The van der Waals surface area contributed by atoms with E-state index in [0.717, 1.165) is 22.6 Å². The smallest absolute Gasteiger partial charge is 0.229 e. The van der Waals surface area contributed by atoms with Gasteiger partial charge in [-0.25, -0.2) is 9.97 Å². The van der Waals surface area contributed by atoms with Crippen molar-refractivity contribution in [3.8, 4) is 17.0 Å². The Morgan fingerprint density at radius 1 is 0.946 bits per heavy atom. The first-order valence-corrected chi connectivity index (χ1v) is 12.0. The zero-order chi connectivity index (χ0) is 25.8. The van der Waals surface area contributed by atoms with Gasteiger partial charge in [-0.2, -0.15) is 0 Å². The summed E-state index contributed by atoms with van der Waals surface area (Å²) in [6, 6.07) is 26.5. The van der Waals surface area contributed by atoms with Crippen LogP contribution in [0.15, 0.2) is 84.9 Å². The van der Waals surface area contributed by atoms with E-state index >= 15 is 0 Å².